The van der Waals surface area contributed by atoms with E-state index in [0.29, 0.717) is 40.4 Å². The van der Waals surface area contributed by atoms with E-state index in [1.165, 1.54) is 11.8 Å². The molecule has 7 nitrogen and oxygen atoms in total. The van der Waals surface area contributed by atoms with E-state index in [4.69, 9.17) is 4.52 Å². The van der Waals surface area contributed by atoms with Gasteiger partial charge in [0, 0.05) is 6.42 Å². The van der Waals surface area contributed by atoms with E-state index in [1.807, 2.05) is 6.92 Å². The first-order valence-electron chi connectivity index (χ1n) is 6.04. The van der Waals surface area contributed by atoms with Crippen molar-refractivity contribution in [1.29, 1.82) is 0 Å². The van der Waals surface area contributed by atoms with Crippen molar-refractivity contribution >= 4 is 17.7 Å². The van der Waals surface area contributed by atoms with Crippen LogP contribution in [-0.2, 0) is 12.2 Å². The van der Waals surface area contributed by atoms with Gasteiger partial charge >= 0.3 is 5.97 Å². The van der Waals surface area contributed by atoms with Gasteiger partial charge in [-0.3, -0.25) is 0 Å². The summed E-state index contributed by atoms with van der Waals surface area (Å²) < 4.78 is 5.00. The normalized spacial score (nSPS) is 10.8. The summed E-state index contributed by atoms with van der Waals surface area (Å²) in [5.74, 6) is 0.956. The summed E-state index contributed by atoms with van der Waals surface area (Å²) in [6.45, 7) is 5.32. The number of rotatable bonds is 5. The molecule has 2 aromatic rings. The molecule has 2 rings (SSSR count). The van der Waals surface area contributed by atoms with Gasteiger partial charge in [-0.05, 0) is 13.8 Å². The van der Waals surface area contributed by atoms with Crippen LogP contribution in [0.1, 0.15) is 40.5 Å². The Kier molecular flexibility index (Phi) is 4.33. The van der Waals surface area contributed by atoms with Crippen LogP contribution in [0.15, 0.2) is 9.55 Å². The Labute approximate surface area is 119 Å². The highest BCUT2D eigenvalue weighted by molar-refractivity contribution is 7.98. The van der Waals surface area contributed by atoms with Gasteiger partial charge in [-0.2, -0.15) is 4.98 Å². The lowest BCUT2D eigenvalue weighted by Gasteiger charge is -2.08. The third-order valence-electron chi connectivity index (χ3n) is 2.54. The van der Waals surface area contributed by atoms with E-state index in [9.17, 15) is 9.90 Å². The molecule has 0 radical (unpaired) electrons. The summed E-state index contributed by atoms with van der Waals surface area (Å²) in [6, 6.07) is 0. The zero-order valence-corrected chi connectivity index (χ0v) is 12.2. The van der Waals surface area contributed by atoms with Gasteiger partial charge in [0.15, 0.2) is 5.82 Å². The molecule has 106 valence electrons. The van der Waals surface area contributed by atoms with Crippen molar-refractivity contribution in [3.63, 3.8) is 0 Å². The van der Waals surface area contributed by atoms with Crippen LogP contribution in [0.5, 0.6) is 0 Å². The summed E-state index contributed by atoms with van der Waals surface area (Å²) in [6.07, 6.45) is 0.647. The molecule has 0 aliphatic heterocycles. The van der Waals surface area contributed by atoms with Gasteiger partial charge in [-0.15, -0.1) is 0 Å². The van der Waals surface area contributed by atoms with Crippen LogP contribution in [0.4, 0.5) is 0 Å². The fourth-order valence-electron chi connectivity index (χ4n) is 1.64. The molecule has 8 heteroatoms. The van der Waals surface area contributed by atoms with Crippen LogP contribution in [0.3, 0.4) is 0 Å². The van der Waals surface area contributed by atoms with Gasteiger partial charge in [0.05, 0.1) is 11.4 Å². The third kappa shape index (κ3) is 3.13. The third-order valence-corrected chi connectivity index (χ3v) is 3.50. The molecule has 0 aliphatic carbocycles. The highest BCUT2D eigenvalue weighted by atomic mass is 32.2. The summed E-state index contributed by atoms with van der Waals surface area (Å²) in [4.78, 5) is 23.8. The molecule has 0 saturated carbocycles. The van der Waals surface area contributed by atoms with E-state index < -0.39 is 5.97 Å². The maximum atomic E-state index is 11.3. The topological polar surface area (TPSA) is 102 Å². The van der Waals surface area contributed by atoms with Crippen molar-refractivity contribution in [1.82, 2.24) is 20.1 Å². The number of hydrogen-bond donors (Lipinski definition) is 1. The lowest BCUT2D eigenvalue weighted by molar-refractivity contribution is 0.0690. The molecule has 20 heavy (non-hydrogen) atoms. The number of hydrogen-bond acceptors (Lipinski definition) is 7. The van der Waals surface area contributed by atoms with Gasteiger partial charge in [0.25, 0.3) is 0 Å². The lowest BCUT2D eigenvalue weighted by atomic mass is 10.2. The first kappa shape index (κ1) is 14.4. The molecule has 0 aliphatic rings. The Morgan fingerprint density at radius 2 is 2.05 bits per heavy atom. The highest BCUT2D eigenvalue weighted by Gasteiger charge is 2.18. The zero-order chi connectivity index (χ0) is 14.7. The van der Waals surface area contributed by atoms with Crippen molar-refractivity contribution < 1.29 is 14.4 Å². The van der Waals surface area contributed by atoms with Crippen LogP contribution in [0.25, 0.3) is 0 Å². The van der Waals surface area contributed by atoms with Gasteiger partial charge in [0.1, 0.15) is 16.4 Å². The van der Waals surface area contributed by atoms with Gasteiger partial charge < -0.3 is 9.63 Å². The monoisotopic (exact) mass is 294 g/mol. The Morgan fingerprint density at radius 3 is 2.60 bits per heavy atom. The van der Waals surface area contributed by atoms with Gasteiger partial charge in [-0.1, -0.05) is 23.8 Å². The minimum absolute atomic E-state index is 0.128. The maximum Gasteiger partial charge on any atom is 0.340 e. The largest absolute Gasteiger partial charge is 0.478 e. The van der Waals surface area contributed by atoms with Crippen molar-refractivity contribution in [3.05, 3.63) is 28.8 Å². The van der Waals surface area contributed by atoms with Crippen LogP contribution < -0.4 is 0 Å². The SMILES string of the molecule is CCc1nc(C)c(C(=O)O)c(SCc2nc(C)no2)n1. The number of carboxylic acid groups (broad SMARTS) is 1. The molecule has 2 heterocycles. The Morgan fingerprint density at radius 1 is 1.30 bits per heavy atom. The second-order valence-corrected chi connectivity index (χ2v) is 5.05. The predicted octanol–water partition coefficient (Wildman–Crippen LogP) is 2.03. The highest BCUT2D eigenvalue weighted by Crippen LogP contribution is 2.25. The number of thioether (sulfide) groups is 1. The average Bonchev–Trinajstić information content (AvgIpc) is 2.81. The molecular weight excluding hydrogens is 280 g/mol. The smallest absolute Gasteiger partial charge is 0.340 e. The lowest BCUT2D eigenvalue weighted by Crippen LogP contribution is -2.09. The Hall–Kier alpha value is -1.96. The fraction of sp³-hybridized carbons (Fsp3) is 0.417. The molecule has 0 amide bonds. The molecule has 0 fully saturated rings. The van der Waals surface area contributed by atoms with Gasteiger partial charge in [0.2, 0.25) is 5.89 Å². The van der Waals surface area contributed by atoms with E-state index in [-0.39, 0.29) is 5.56 Å². The standard InChI is InChI=1S/C12H14N4O3S/c1-4-8-13-6(2)10(12(17)18)11(15-8)20-5-9-14-7(3)16-19-9/h4-5H2,1-3H3,(H,17,18). The van der Waals surface area contributed by atoms with E-state index in [0.717, 1.165) is 0 Å². The first-order chi connectivity index (χ1) is 9.51. The average molecular weight is 294 g/mol. The Bertz CT molecular complexity index is 642. The predicted molar refractivity (Wildman–Crippen MR) is 71.7 cm³/mol. The number of carbonyl (C=O) groups is 1. The maximum absolute atomic E-state index is 11.3. The zero-order valence-electron chi connectivity index (χ0n) is 11.4. The first-order valence-corrected chi connectivity index (χ1v) is 7.02. The summed E-state index contributed by atoms with van der Waals surface area (Å²) >= 11 is 1.26. The number of aromatic carboxylic acids is 1. The molecule has 0 spiro atoms. The molecule has 0 unspecified atom stereocenters. The number of aromatic nitrogens is 4. The van der Waals surface area contributed by atoms with E-state index >= 15 is 0 Å². The second kappa shape index (κ2) is 6.00. The minimum atomic E-state index is -1.03. The van der Waals surface area contributed by atoms with Crippen molar-refractivity contribution in [2.75, 3.05) is 0 Å². The van der Waals surface area contributed by atoms with E-state index in [2.05, 4.69) is 20.1 Å². The number of nitrogens with zero attached hydrogens (tertiary/aromatic N) is 4. The molecule has 1 N–H and O–H groups in total. The molecule has 2 aromatic heterocycles. The van der Waals surface area contributed by atoms with Gasteiger partial charge in [-0.25, -0.2) is 14.8 Å². The number of aryl methyl sites for hydroxylation is 3. The quantitative estimate of drug-likeness (QED) is 0.660. The van der Waals surface area contributed by atoms with E-state index in [1.54, 1.807) is 13.8 Å². The summed E-state index contributed by atoms with van der Waals surface area (Å²) in [5.41, 5.74) is 0.594. The van der Waals surface area contributed by atoms with Crippen molar-refractivity contribution in [2.24, 2.45) is 0 Å². The molecule has 0 atom stereocenters. The molecular formula is C12H14N4O3S. The number of carboxylic acids is 1. The van der Waals surface area contributed by atoms with Crippen LogP contribution in [0, 0.1) is 13.8 Å². The Balaban J connectivity index is 2.28. The van der Waals surface area contributed by atoms with Crippen molar-refractivity contribution in [2.45, 2.75) is 38.0 Å². The molecule has 0 bridgehead atoms. The van der Waals surface area contributed by atoms with Crippen molar-refractivity contribution in [3.8, 4) is 0 Å². The van der Waals surface area contributed by atoms with Crippen LogP contribution in [0.2, 0.25) is 0 Å². The summed E-state index contributed by atoms with van der Waals surface area (Å²) in [5, 5.41) is 13.4. The molecule has 0 aromatic carbocycles. The fourth-order valence-corrected chi connectivity index (χ4v) is 2.57. The van der Waals surface area contributed by atoms with Crippen LogP contribution >= 0.6 is 11.8 Å². The molecule has 0 saturated heterocycles. The van der Waals surface area contributed by atoms with Crippen LogP contribution in [-0.4, -0.2) is 31.2 Å². The minimum Gasteiger partial charge on any atom is -0.478 e. The second-order valence-electron chi connectivity index (χ2n) is 4.09. The summed E-state index contributed by atoms with van der Waals surface area (Å²) in [7, 11) is 0.